The van der Waals surface area contributed by atoms with Crippen LogP contribution in [-0.4, -0.2) is 17.5 Å². The van der Waals surface area contributed by atoms with Crippen LogP contribution >= 0.6 is 0 Å². The molecule has 9 heteroatoms. The van der Waals surface area contributed by atoms with Gasteiger partial charge in [0.2, 0.25) is 0 Å². The second-order valence-corrected chi connectivity index (χ2v) is 7.01. The average molecular weight is 430 g/mol. The lowest BCUT2D eigenvalue weighted by atomic mass is 10.0. The van der Waals surface area contributed by atoms with Gasteiger partial charge in [0.1, 0.15) is 0 Å². The largest absolute Gasteiger partial charge is 0.416 e. The summed E-state index contributed by atoms with van der Waals surface area (Å²) in [6.45, 7) is 1.55. The molecule has 1 aromatic heterocycles. The highest BCUT2D eigenvalue weighted by Crippen LogP contribution is 2.32. The van der Waals surface area contributed by atoms with Crippen molar-refractivity contribution in [3.63, 3.8) is 0 Å². The van der Waals surface area contributed by atoms with Gasteiger partial charge in [-0.2, -0.15) is 13.2 Å². The molecule has 1 heterocycles. The Morgan fingerprint density at radius 1 is 1.10 bits per heavy atom. The molecule has 1 amide bonds. The minimum absolute atomic E-state index is 0.0520. The predicted molar refractivity (Wildman–Crippen MR) is 113 cm³/mol. The lowest BCUT2D eigenvalue weighted by molar-refractivity contribution is -0.137. The summed E-state index contributed by atoms with van der Waals surface area (Å²) in [4.78, 5) is 25.0. The van der Waals surface area contributed by atoms with Gasteiger partial charge in [0.15, 0.2) is 0 Å². The Morgan fingerprint density at radius 2 is 1.84 bits per heavy atom. The fourth-order valence-corrected chi connectivity index (χ4v) is 3.09. The number of hydrogen-bond acceptors (Lipinski definition) is 4. The monoisotopic (exact) mass is 430 g/mol. The van der Waals surface area contributed by atoms with E-state index in [1.54, 1.807) is 32.2 Å². The second-order valence-electron chi connectivity index (χ2n) is 7.01. The number of nitrogens with one attached hydrogen (secondary N) is 2. The Balaban J connectivity index is 1.87. The van der Waals surface area contributed by atoms with E-state index >= 15 is 0 Å². The number of aromatic nitrogens is 1. The highest BCUT2D eigenvalue weighted by Gasteiger charge is 2.31. The van der Waals surface area contributed by atoms with E-state index in [2.05, 4.69) is 10.6 Å². The van der Waals surface area contributed by atoms with E-state index in [0.29, 0.717) is 5.69 Å². The molecule has 2 aromatic carbocycles. The van der Waals surface area contributed by atoms with Gasteiger partial charge in [0.25, 0.3) is 11.5 Å². The molecule has 0 unspecified atom stereocenters. The lowest BCUT2D eigenvalue weighted by Gasteiger charge is -2.18. The van der Waals surface area contributed by atoms with Crippen LogP contribution in [0.4, 0.5) is 24.5 Å². The molecule has 4 N–H and O–H groups in total. The molecule has 0 aliphatic rings. The van der Waals surface area contributed by atoms with Crippen LogP contribution in [0.5, 0.6) is 0 Å². The molecule has 0 saturated heterocycles. The predicted octanol–water partition coefficient (Wildman–Crippen LogP) is 3.97. The van der Waals surface area contributed by atoms with Gasteiger partial charge in [-0.3, -0.25) is 14.2 Å². The summed E-state index contributed by atoms with van der Waals surface area (Å²) in [5.74, 6) is -0.540. The first-order valence-corrected chi connectivity index (χ1v) is 9.38. The van der Waals surface area contributed by atoms with Gasteiger partial charge in [-0.15, -0.1) is 0 Å². The Labute approximate surface area is 176 Å². The first-order valence-electron chi connectivity index (χ1n) is 9.38. The van der Waals surface area contributed by atoms with E-state index in [9.17, 15) is 22.8 Å². The van der Waals surface area contributed by atoms with Crippen molar-refractivity contribution < 1.29 is 18.0 Å². The van der Waals surface area contributed by atoms with Crippen LogP contribution in [0.15, 0.2) is 65.6 Å². The van der Waals surface area contributed by atoms with E-state index in [-0.39, 0.29) is 22.4 Å². The summed E-state index contributed by atoms with van der Waals surface area (Å²) in [6.07, 6.45) is -3.16. The highest BCUT2D eigenvalue weighted by atomic mass is 19.4. The minimum atomic E-state index is -4.55. The maximum atomic E-state index is 13.1. The SMILES string of the molecule is CNc1cccc(-n2cc(C(=O)N[C@H](C)c3cc(N)cc(C(F)(F)F)c3)ccc2=O)c1. The summed E-state index contributed by atoms with van der Waals surface area (Å²) >= 11 is 0. The van der Waals surface area contributed by atoms with E-state index in [1.165, 1.54) is 29.0 Å². The maximum absolute atomic E-state index is 13.1. The van der Waals surface area contributed by atoms with Crippen LogP contribution in [0.2, 0.25) is 0 Å². The molecule has 31 heavy (non-hydrogen) atoms. The molecule has 0 bridgehead atoms. The number of nitrogen functional groups attached to an aromatic ring is 1. The van der Waals surface area contributed by atoms with Gasteiger partial charge in [-0.05, 0) is 55.0 Å². The Morgan fingerprint density at radius 3 is 2.52 bits per heavy atom. The summed E-state index contributed by atoms with van der Waals surface area (Å²) < 4.78 is 40.5. The number of anilines is 2. The number of alkyl halides is 3. The summed E-state index contributed by atoms with van der Waals surface area (Å²) in [7, 11) is 1.74. The van der Waals surface area contributed by atoms with E-state index < -0.39 is 23.7 Å². The zero-order chi connectivity index (χ0) is 22.8. The summed E-state index contributed by atoms with van der Waals surface area (Å²) in [5.41, 5.74) is 6.08. The molecule has 0 aliphatic carbocycles. The average Bonchev–Trinajstić information content (AvgIpc) is 2.73. The second kappa shape index (κ2) is 8.55. The third kappa shape index (κ3) is 5.06. The van der Waals surface area contributed by atoms with E-state index in [0.717, 1.165) is 17.8 Å². The van der Waals surface area contributed by atoms with Gasteiger partial charge >= 0.3 is 6.18 Å². The quantitative estimate of drug-likeness (QED) is 0.535. The zero-order valence-electron chi connectivity index (χ0n) is 16.8. The van der Waals surface area contributed by atoms with Crippen LogP contribution in [0.3, 0.4) is 0 Å². The Hall–Kier alpha value is -3.75. The van der Waals surface area contributed by atoms with E-state index in [1.807, 2.05) is 6.07 Å². The van der Waals surface area contributed by atoms with Crippen molar-refractivity contribution in [3.05, 3.63) is 87.8 Å². The van der Waals surface area contributed by atoms with Crippen molar-refractivity contribution in [3.8, 4) is 5.69 Å². The Kier molecular flexibility index (Phi) is 6.05. The third-order valence-electron chi connectivity index (χ3n) is 4.74. The molecule has 162 valence electrons. The van der Waals surface area contributed by atoms with Gasteiger partial charge < -0.3 is 16.4 Å². The molecule has 6 nitrogen and oxygen atoms in total. The molecule has 1 atom stereocenters. The molecular formula is C22H21F3N4O2. The molecule has 0 spiro atoms. The molecule has 3 rings (SSSR count). The van der Waals surface area contributed by atoms with Crippen LogP contribution in [0.25, 0.3) is 5.69 Å². The van der Waals surface area contributed by atoms with Crippen LogP contribution in [0, 0.1) is 0 Å². The van der Waals surface area contributed by atoms with Gasteiger partial charge in [0, 0.05) is 30.7 Å². The Bertz CT molecular complexity index is 1170. The minimum Gasteiger partial charge on any atom is -0.399 e. The fraction of sp³-hybridized carbons (Fsp3) is 0.182. The number of carbonyl (C=O) groups is 1. The fourth-order valence-electron chi connectivity index (χ4n) is 3.09. The molecular weight excluding hydrogens is 409 g/mol. The first kappa shape index (κ1) is 21.9. The highest BCUT2D eigenvalue weighted by molar-refractivity contribution is 5.94. The molecule has 0 radical (unpaired) electrons. The zero-order valence-corrected chi connectivity index (χ0v) is 16.8. The number of pyridine rings is 1. The van der Waals surface area contributed by atoms with Crippen molar-refractivity contribution >= 4 is 17.3 Å². The number of nitrogens with two attached hydrogens (primary N) is 1. The van der Waals surface area contributed by atoms with Gasteiger partial charge in [0.05, 0.1) is 22.9 Å². The normalized spacial score (nSPS) is 12.3. The van der Waals surface area contributed by atoms with Crippen LogP contribution in [0.1, 0.15) is 34.5 Å². The number of halogens is 3. The van der Waals surface area contributed by atoms with Crippen molar-refractivity contribution in [1.29, 1.82) is 0 Å². The summed E-state index contributed by atoms with van der Waals surface area (Å²) in [6, 6.07) is 12.1. The number of rotatable bonds is 5. The van der Waals surface area contributed by atoms with Gasteiger partial charge in [-0.1, -0.05) is 6.07 Å². The van der Waals surface area contributed by atoms with Gasteiger partial charge in [-0.25, -0.2) is 0 Å². The maximum Gasteiger partial charge on any atom is 0.416 e. The summed E-state index contributed by atoms with van der Waals surface area (Å²) in [5, 5.41) is 5.62. The number of carbonyl (C=O) groups excluding carboxylic acids is 1. The topological polar surface area (TPSA) is 89.2 Å². The first-order chi connectivity index (χ1) is 14.6. The number of amides is 1. The van der Waals surface area contributed by atoms with Crippen molar-refractivity contribution in [2.75, 3.05) is 18.1 Å². The number of benzene rings is 2. The number of nitrogens with zero attached hydrogens (tertiary/aromatic N) is 1. The van der Waals surface area contributed by atoms with Crippen LogP contribution < -0.4 is 21.9 Å². The lowest BCUT2D eigenvalue weighted by Crippen LogP contribution is -2.28. The smallest absolute Gasteiger partial charge is 0.399 e. The molecule has 0 fully saturated rings. The molecule has 0 aliphatic heterocycles. The third-order valence-corrected chi connectivity index (χ3v) is 4.74. The molecule has 3 aromatic rings. The number of hydrogen-bond donors (Lipinski definition) is 3. The van der Waals surface area contributed by atoms with Crippen LogP contribution in [-0.2, 0) is 6.18 Å². The van der Waals surface area contributed by atoms with Crippen molar-refractivity contribution in [1.82, 2.24) is 9.88 Å². The van der Waals surface area contributed by atoms with Crippen molar-refractivity contribution in [2.45, 2.75) is 19.1 Å². The standard InChI is InChI=1S/C22H21F3N4O2/c1-13(15-8-16(22(23,24)25)10-17(26)9-15)28-21(31)14-6-7-20(30)29(12-14)19-5-3-4-18(11-19)27-2/h3-13,27H,26H2,1-2H3,(H,28,31)/t13-/m1/s1. The molecule has 0 saturated carbocycles. The van der Waals surface area contributed by atoms with Crippen molar-refractivity contribution in [2.24, 2.45) is 0 Å². The van der Waals surface area contributed by atoms with E-state index in [4.69, 9.17) is 5.73 Å².